The first-order chi connectivity index (χ1) is 13.9. The Bertz CT molecular complexity index is 866. The number of hydrogen-bond donors (Lipinski definition) is 3. The topological polar surface area (TPSA) is 91.3 Å². The van der Waals surface area contributed by atoms with Gasteiger partial charge in [0, 0.05) is 18.5 Å². The van der Waals surface area contributed by atoms with Gasteiger partial charge < -0.3 is 10.4 Å². The molecule has 2 aromatic rings. The molecule has 0 radical (unpaired) electrons. The maximum atomic E-state index is 13.7. The van der Waals surface area contributed by atoms with Crippen LogP contribution in [0.4, 0.5) is 9.52 Å². The van der Waals surface area contributed by atoms with Crippen molar-refractivity contribution < 1.29 is 19.1 Å². The maximum Gasteiger partial charge on any atom is 0.260 e. The number of benzene rings is 1. The number of aliphatic hydroxyl groups excluding tert-OH is 1. The molecule has 1 heterocycles. The van der Waals surface area contributed by atoms with Gasteiger partial charge in [-0.15, -0.1) is 11.3 Å². The molecular formula is C21H26FN3O3S. The van der Waals surface area contributed by atoms with Gasteiger partial charge in [-0.1, -0.05) is 25.5 Å². The van der Waals surface area contributed by atoms with Crippen molar-refractivity contribution >= 4 is 28.3 Å². The summed E-state index contributed by atoms with van der Waals surface area (Å²) in [6, 6.07) is 5.74. The van der Waals surface area contributed by atoms with Crippen LogP contribution in [0.25, 0.3) is 0 Å². The van der Waals surface area contributed by atoms with Crippen molar-refractivity contribution in [2.45, 2.75) is 39.0 Å². The molecule has 1 aliphatic rings. The first kappa shape index (κ1) is 21.4. The Morgan fingerprint density at radius 1 is 1.34 bits per heavy atom. The molecule has 3 N–H and O–H groups in total. The van der Waals surface area contributed by atoms with E-state index in [1.165, 1.54) is 29.5 Å². The number of hydrogen-bond acceptors (Lipinski definition) is 5. The Labute approximate surface area is 173 Å². The van der Waals surface area contributed by atoms with E-state index in [9.17, 15) is 19.1 Å². The Kier molecular flexibility index (Phi) is 6.97. The lowest BCUT2D eigenvalue weighted by atomic mass is 9.60. The highest BCUT2D eigenvalue weighted by molar-refractivity contribution is 7.14. The summed E-state index contributed by atoms with van der Waals surface area (Å²) in [6.07, 6.45) is 4.15. The molecule has 3 rings (SSSR count). The second-order valence-electron chi connectivity index (χ2n) is 7.66. The van der Waals surface area contributed by atoms with E-state index in [4.69, 9.17) is 0 Å². The summed E-state index contributed by atoms with van der Waals surface area (Å²) in [5.74, 6) is -0.925. The van der Waals surface area contributed by atoms with E-state index in [1.54, 1.807) is 11.4 Å². The number of aliphatic hydroxyl groups is 1. The summed E-state index contributed by atoms with van der Waals surface area (Å²) in [6.45, 7) is 2.90. The summed E-state index contributed by atoms with van der Waals surface area (Å²) < 4.78 is 13.7. The third-order valence-electron chi connectivity index (χ3n) is 5.83. The molecule has 6 nitrogen and oxygen atoms in total. The van der Waals surface area contributed by atoms with Crippen molar-refractivity contribution in [2.24, 2.45) is 11.3 Å². The molecule has 0 saturated heterocycles. The molecule has 0 spiro atoms. The average Bonchev–Trinajstić information content (AvgIpc) is 3.08. The molecule has 0 aliphatic heterocycles. The molecule has 29 heavy (non-hydrogen) atoms. The SMILES string of the molecule is C[C@@H](CCO)C1(CNC(=O)Cc2csc(NC(=O)c3ccccc3F)n2)CCC1. The predicted molar refractivity (Wildman–Crippen MR) is 110 cm³/mol. The van der Waals surface area contributed by atoms with Crippen LogP contribution in [0, 0.1) is 17.2 Å². The summed E-state index contributed by atoms with van der Waals surface area (Å²) in [4.78, 5) is 28.8. The van der Waals surface area contributed by atoms with E-state index in [-0.39, 0.29) is 29.9 Å². The third kappa shape index (κ3) is 5.19. The number of thiazole rings is 1. The van der Waals surface area contributed by atoms with Crippen molar-refractivity contribution in [3.8, 4) is 0 Å². The van der Waals surface area contributed by atoms with Crippen LogP contribution in [0.3, 0.4) is 0 Å². The van der Waals surface area contributed by atoms with E-state index in [1.807, 2.05) is 0 Å². The zero-order chi connectivity index (χ0) is 20.9. The van der Waals surface area contributed by atoms with E-state index in [2.05, 4.69) is 22.5 Å². The van der Waals surface area contributed by atoms with Crippen LogP contribution < -0.4 is 10.6 Å². The van der Waals surface area contributed by atoms with Gasteiger partial charge in [-0.3, -0.25) is 14.9 Å². The van der Waals surface area contributed by atoms with Gasteiger partial charge in [0.25, 0.3) is 5.91 Å². The lowest BCUT2D eigenvalue weighted by Gasteiger charge is -2.47. The predicted octanol–water partition coefficient (Wildman–Crippen LogP) is 3.38. The van der Waals surface area contributed by atoms with Gasteiger partial charge in [0.05, 0.1) is 17.7 Å². The fourth-order valence-electron chi connectivity index (χ4n) is 3.73. The van der Waals surface area contributed by atoms with E-state index >= 15 is 0 Å². The molecule has 0 bridgehead atoms. The molecule has 1 saturated carbocycles. The van der Waals surface area contributed by atoms with Gasteiger partial charge in [0.15, 0.2) is 5.13 Å². The average molecular weight is 420 g/mol. The molecule has 0 unspecified atom stereocenters. The molecule has 1 aromatic carbocycles. The zero-order valence-electron chi connectivity index (χ0n) is 16.4. The number of rotatable bonds is 9. The number of amides is 2. The summed E-state index contributed by atoms with van der Waals surface area (Å²) >= 11 is 1.20. The number of aromatic nitrogens is 1. The zero-order valence-corrected chi connectivity index (χ0v) is 17.2. The van der Waals surface area contributed by atoms with Crippen LogP contribution in [0.5, 0.6) is 0 Å². The molecule has 1 aliphatic carbocycles. The van der Waals surface area contributed by atoms with Gasteiger partial charge >= 0.3 is 0 Å². The minimum absolute atomic E-state index is 0.0511. The number of carbonyl (C=O) groups is 2. The van der Waals surface area contributed by atoms with Crippen LogP contribution in [0.2, 0.25) is 0 Å². The number of halogens is 1. The number of carbonyl (C=O) groups excluding carboxylic acids is 2. The second kappa shape index (κ2) is 9.45. The fourth-order valence-corrected chi connectivity index (χ4v) is 4.44. The Morgan fingerprint density at radius 3 is 2.76 bits per heavy atom. The third-order valence-corrected chi connectivity index (χ3v) is 6.63. The van der Waals surface area contributed by atoms with Gasteiger partial charge in [-0.25, -0.2) is 9.37 Å². The van der Waals surface area contributed by atoms with Crippen LogP contribution >= 0.6 is 11.3 Å². The number of anilines is 1. The highest BCUT2D eigenvalue weighted by Crippen LogP contribution is 2.47. The normalized spacial score (nSPS) is 16.0. The van der Waals surface area contributed by atoms with Gasteiger partial charge in [-0.05, 0) is 42.7 Å². The van der Waals surface area contributed by atoms with Crippen LogP contribution in [-0.4, -0.2) is 35.1 Å². The minimum Gasteiger partial charge on any atom is -0.396 e. The van der Waals surface area contributed by atoms with Crippen molar-refractivity contribution in [3.05, 3.63) is 46.7 Å². The molecule has 1 fully saturated rings. The maximum absolute atomic E-state index is 13.7. The highest BCUT2D eigenvalue weighted by atomic mass is 32.1. The molecule has 1 aromatic heterocycles. The Hall–Kier alpha value is -2.32. The molecule has 156 valence electrons. The van der Waals surface area contributed by atoms with Crippen molar-refractivity contribution in [2.75, 3.05) is 18.5 Å². The van der Waals surface area contributed by atoms with Gasteiger partial charge in [-0.2, -0.15) is 0 Å². The standard InChI is InChI=1S/C21H26FN3O3S/c1-14(7-10-26)21(8-4-9-21)13-23-18(27)11-15-12-29-20(24-15)25-19(28)16-5-2-3-6-17(16)22/h2-3,5-6,12,14,26H,4,7-11,13H2,1H3,(H,23,27)(H,24,25,28)/t14-/m0/s1. The second-order valence-corrected chi connectivity index (χ2v) is 8.52. The highest BCUT2D eigenvalue weighted by Gasteiger charge is 2.41. The number of nitrogens with one attached hydrogen (secondary N) is 2. The van der Waals surface area contributed by atoms with Crippen LogP contribution in [-0.2, 0) is 11.2 Å². The lowest BCUT2D eigenvalue weighted by molar-refractivity contribution is -0.121. The first-order valence-electron chi connectivity index (χ1n) is 9.81. The Morgan fingerprint density at radius 2 is 2.10 bits per heavy atom. The summed E-state index contributed by atoms with van der Waals surface area (Å²) in [5, 5.41) is 16.8. The van der Waals surface area contributed by atoms with Gasteiger partial charge in [0.1, 0.15) is 5.82 Å². The molecule has 1 atom stereocenters. The number of nitrogens with zero attached hydrogens (tertiary/aromatic N) is 1. The largest absolute Gasteiger partial charge is 0.396 e. The van der Waals surface area contributed by atoms with Gasteiger partial charge in [0.2, 0.25) is 5.91 Å². The summed E-state index contributed by atoms with van der Waals surface area (Å²) in [7, 11) is 0. The minimum atomic E-state index is -0.596. The van der Waals surface area contributed by atoms with Crippen molar-refractivity contribution in [1.82, 2.24) is 10.3 Å². The molecule has 8 heteroatoms. The van der Waals surface area contributed by atoms with E-state index < -0.39 is 11.7 Å². The van der Waals surface area contributed by atoms with E-state index in [0.717, 1.165) is 25.7 Å². The van der Waals surface area contributed by atoms with Crippen LogP contribution in [0.15, 0.2) is 29.6 Å². The van der Waals surface area contributed by atoms with Crippen LogP contribution in [0.1, 0.15) is 48.7 Å². The Balaban J connectivity index is 1.51. The molecule has 2 amide bonds. The van der Waals surface area contributed by atoms with E-state index in [0.29, 0.717) is 23.3 Å². The molecular weight excluding hydrogens is 393 g/mol. The van der Waals surface area contributed by atoms with Crippen molar-refractivity contribution in [1.29, 1.82) is 0 Å². The smallest absolute Gasteiger partial charge is 0.260 e. The quantitative estimate of drug-likeness (QED) is 0.581. The first-order valence-corrected chi connectivity index (χ1v) is 10.7. The fraction of sp³-hybridized carbons (Fsp3) is 0.476. The monoisotopic (exact) mass is 419 g/mol. The van der Waals surface area contributed by atoms with Crippen molar-refractivity contribution in [3.63, 3.8) is 0 Å². The summed E-state index contributed by atoms with van der Waals surface area (Å²) in [5.41, 5.74) is 0.589. The lowest BCUT2D eigenvalue weighted by Crippen LogP contribution is -2.46.